The molecule has 1 fully saturated rings. The van der Waals surface area contributed by atoms with Gasteiger partial charge in [0.15, 0.2) is 5.69 Å². The number of likely N-dealkylation sites (tertiary alicyclic amines) is 1. The van der Waals surface area contributed by atoms with Gasteiger partial charge < -0.3 is 9.84 Å². The van der Waals surface area contributed by atoms with Gasteiger partial charge in [-0.1, -0.05) is 0 Å². The molecule has 0 radical (unpaired) electrons. The fourth-order valence-electron chi connectivity index (χ4n) is 2.21. The minimum Gasteiger partial charge on any atom is -0.481 e. The summed E-state index contributed by atoms with van der Waals surface area (Å²) in [6.07, 6.45) is 1.34. The molecule has 0 aromatic carbocycles. The largest absolute Gasteiger partial charge is 0.481 e. The number of piperidine rings is 1. The van der Waals surface area contributed by atoms with E-state index in [-0.39, 0.29) is 11.9 Å². The number of esters is 1. The lowest BCUT2D eigenvalue weighted by atomic mass is 9.97. The molecule has 0 amide bonds. The number of thiazole rings is 1. The highest BCUT2D eigenvalue weighted by molar-refractivity contribution is 7.09. The summed E-state index contributed by atoms with van der Waals surface area (Å²) >= 11 is 1.43. The van der Waals surface area contributed by atoms with E-state index < -0.39 is 5.97 Å². The van der Waals surface area contributed by atoms with Crippen molar-refractivity contribution in [2.45, 2.75) is 26.3 Å². The van der Waals surface area contributed by atoms with Crippen LogP contribution in [0.1, 0.15) is 35.3 Å². The Morgan fingerprint density at radius 3 is 2.80 bits per heavy atom. The van der Waals surface area contributed by atoms with Gasteiger partial charge >= 0.3 is 11.9 Å². The Bertz CT molecular complexity index is 480. The van der Waals surface area contributed by atoms with Crippen molar-refractivity contribution < 1.29 is 19.4 Å². The third kappa shape index (κ3) is 3.77. The third-order valence-corrected chi connectivity index (χ3v) is 4.17. The van der Waals surface area contributed by atoms with E-state index in [1.807, 2.05) is 0 Å². The van der Waals surface area contributed by atoms with Crippen molar-refractivity contribution in [3.63, 3.8) is 0 Å². The average molecular weight is 298 g/mol. The molecule has 20 heavy (non-hydrogen) atoms. The van der Waals surface area contributed by atoms with Crippen LogP contribution in [-0.2, 0) is 16.1 Å². The van der Waals surface area contributed by atoms with E-state index in [1.165, 1.54) is 11.3 Å². The van der Waals surface area contributed by atoms with Crippen LogP contribution in [-0.4, -0.2) is 46.6 Å². The van der Waals surface area contributed by atoms with E-state index in [1.54, 1.807) is 12.3 Å². The number of hydrogen-bond acceptors (Lipinski definition) is 6. The number of ether oxygens (including phenoxy) is 1. The Labute approximate surface area is 121 Å². The molecule has 0 atom stereocenters. The number of carboxylic acid groups (broad SMARTS) is 1. The standard InChI is InChI=1S/C13H18N2O4S/c1-2-19-13(18)10-8-20-11(14-10)7-15-5-3-9(4-6-15)12(16)17/h8-9H,2-7H2,1H3,(H,16,17). The summed E-state index contributed by atoms with van der Waals surface area (Å²) in [5, 5.41) is 11.5. The molecule has 2 heterocycles. The summed E-state index contributed by atoms with van der Waals surface area (Å²) in [6, 6.07) is 0. The number of carbonyl (C=O) groups is 2. The van der Waals surface area contributed by atoms with Gasteiger partial charge in [0.25, 0.3) is 0 Å². The molecule has 0 spiro atoms. The zero-order chi connectivity index (χ0) is 14.5. The number of carboxylic acids is 1. The SMILES string of the molecule is CCOC(=O)c1csc(CN2CCC(C(=O)O)CC2)n1. The summed E-state index contributed by atoms with van der Waals surface area (Å²) in [7, 11) is 0. The predicted octanol–water partition coefficient (Wildman–Crippen LogP) is 1.62. The maximum atomic E-state index is 11.5. The maximum absolute atomic E-state index is 11.5. The summed E-state index contributed by atoms with van der Waals surface area (Å²) in [4.78, 5) is 28.8. The zero-order valence-electron chi connectivity index (χ0n) is 11.4. The topological polar surface area (TPSA) is 79.7 Å². The number of rotatable bonds is 5. The van der Waals surface area contributed by atoms with E-state index in [4.69, 9.17) is 9.84 Å². The molecule has 1 aromatic heterocycles. The fourth-order valence-corrected chi connectivity index (χ4v) is 3.02. The Hall–Kier alpha value is -1.47. The predicted molar refractivity (Wildman–Crippen MR) is 73.7 cm³/mol. The second kappa shape index (κ2) is 6.81. The molecule has 1 saturated heterocycles. The number of hydrogen-bond donors (Lipinski definition) is 1. The van der Waals surface area contributed by atoms with Gasteiger partial charge in [-0.05, 0) is 32.9 Å². The molecular weight excluding hydrogens is 280 g/mol. The van der Waals surface area contributed by atoms with Gasteiger partial charge in [-0.2, -0.15) is 0 Å². The highest BCUT2D eigenvalue weighted by Gasteiger charge is 2.25. The van der Waals surface area contributed by atoms with Crippen LogP contribution in [0.3, 0.4) is 0 Å². The van der Waals surface area contributed by atoms with E-state index in [2.05, 4.69) is 9.88 Å². The second-order valence-electron chi connectivity index (χ2n) is 4.74. The lowest BCUT2D eigenvalue weighted by Crippen LogP contribution is -2.35. The van der Waals surface area contributed by atoms with E-state index in [0.29, 0.717) is 31.7 Å². The van der Waals surface area contributed by atoms with Crippen LogP contribution in [0.5, 0.6) is 0 Å². The van der Waals surface area contributed by atoms with Crippen LogP contribution in [0.4, 0.5) is 0 Å². The van der Waals surface area contributed by atoms with Gasteiger partial charge in [-0.25, -0.2) is 9.78 Å². The van der Waals surface area contributed by atoms with Gasteiger partial charge in [0.1, 0.15) is 5.01 Å². The number of nitrogens with zero attached hydrogens (tertiary/aromatic N) is 2. The van der Waals surface area contributed by atoms with E-state index in [9.17, 15) is 9.59 Å². The van der Waals surface area contributed by atoms with Gasteiger partial charge in [0.2, 0.25) is 0 Å². The van der Waals surface area contributed by atoms with Crippen molar-refractivity contribution in [3.05, 3.63) is 16.1 Å². The van der Waals surface area contributed by atoms with Crippen LogP contribution in [0.25, 0.3) is 0 Å². The van der Waals surface area contributed by atoms with Crippen LogP contribution in [0.2, 0.25) is 0 Å². The van der Waals surface area contributed by atoms with Gasteiger partial charge in [-0.15, -0.1) is 11.3 Å². The lowest BCUT2D eigenvalue weighted by Gasteiger charge is -2.29. The molecule has 110 valence electrons. The van der Waals surface area contributed by atoms with E-state index >= 15 is 0 Å². The van der Waals surface area contributed by atoms with E-state index in [0.717, 1.165) is 18.1 Å². The minimum absolute atomic E-state index is 0.224. The summed E-state index contributed by atoms with van der Waals surface area (Å²) in [6.45, 7) is 4.28. The first-order valence-corrected chi connectivity index (χ1v) is 7.54. The van der Waals surface area contributed by atoms with Crippen molar-refractivity contribution in [2.75, 3.05) is 19.7 Å². The Kier molecular flexibility index (Phi) is 5.08. The molecule has 1 N–H and O–H groups in total. The first-order chi connectivity index (χ1) is 9.60. The van der Waals surface area contributed by atoms with Crippen molar-refractivity contribution >= 4 is 23.3 Å². The quantitative estimate of drug-likeness (QED) is 0.832. The molecule has 1 aromatic rings. The first-order valence-electron chi connectivity index (χ1n) is 6.66. The van der Waals surface area contributed by atoms with Gasteiger partial charge in [0.05, 0.1) is 19.1 Å². The minimum atomic E-state index is -0.705. The Balaban J connectivity index is 1.86. The van der Waals surface area contributed by atoms with Crippen LogP contribution in [0, 0.1) is 5.92 Å². The van der Waals surface area contributed by atoms with Crippen molar-refractivity contribution in [1.82, 2.24) is 9.88 Å². The highest BCUT2D eigenvalue weighted by Crippen LogP contribution is 2.20. The van der Waals surface area contributed by atoms with Crippen molar-refractivity contribution in [2.24, 2.45) is 5.92 Å². The average Bonchev–Trinajstić information content (AvgIpc) is 2.88. The molecule has 1 aliphatic heterocycles. The molecule has 7 heteroatoms. The molecule has 0 unspecified atom stereocenters. The number of aliphatic carboxylic acids is 1. The molecule has 2 rings (SSSR count). The van der Waals surface area contributed by atoms with Crippen LogP contribution in [0.15, 0.2) is 5.38 Å². The Morgan fingerprint density at radius 1 is 1.50 bits per heavy atom. The van der Waals surface area contributed by atoms with Gasteiger partial charge in [0, 0.05) is 5.38 Å². The Morgan fingerprint density at radius 2 is 2.20 bits per heavy atom. The summed E-state index contributed by atoms with van der Waals surface area (Å²) in [5.74, 6) is -1.32. The second-order valence-corrected chi connectivity index (χ2v) is 5.68. The molecule has 0 aliphatic carbocycles. The molecule has 0 saturated carbocycles. The number of aromatic nitrogens is 1. The zero-order valence-corrected chi connectivity index (χ0v) is 12.2. The monoisotopic (exact) mass is 298 g/mol. The van der Waals surface area contributed by atoms with Crippen molar-refractivity contribution in [1.29, 1.82) is 0 Å². The molecule has 6 nitrogen and oxygen atoms in total. The van der Waals surface area contributed by atoms with Crippen molar-refractivity contribution in [3.8, 4) is 0 Å². The highest BCUT2D eigenvalue weighted by atomic mass is 32.1. The number of carbonyl (C=O) groups excluding carboxylic acids is 1. The fraction of sp³-hybridized carbons (Fsp3) is 0.615. The molecule has 0 bridgehead atoms. The normalized spacial score (nSPS) is 17.1. The van der Waals surface area contributed by atoms with Gasteiger partial charge in [-0.3, -0.25) is 9.69 Å². The third-order valence-electron chi connectivity index (χ3n) is 3.33. The smallest absolute Gasteiger partial charge is 0.357 e. The summed E-state index contributed by atoms with van der Waals surface area (Å²) in [5.41, 5.74) is 0.354. The first kappa shape index (κ1) is 14.9. The lowest BCUT2D eigenvalue weighted by molar-refractivity contribution is -0.143. The maximum Gasteiger partial charge on any atom is 0.357 e. The van der Waals surface area contributed by atoms with Crippen LogP contribution >= 0.6 is 11.3 Å². The van der Waals surface area contributed by atoms with Crippen LogP contribution < -0.4 is 0 Å². The summed E-state index contributed by atoms with van der Waals surface area (Å²) < 4.78 is 4.90. The molecular formula is C13H18N2O4S. The molecule has 1 aliphatic rings.